The van der Waals surface area contributed by atoms with Gasteiger partial charge < -0.3 is 18.6 Å². The zero-order valence-electron chi connectivity index (χ0n) is 15.0. The summed E-state index contributed by atoms with van der Waals surface area (Å²) in [7, 11) is 0. The first kappa shape index (κ1) is 19.2. The number of benzene rings is 1. The average molecular weight is 396 g/mol. The van der Waals surface area contributed by atoms with Gasteiger partial charge in [-0.15, -0.1) is 0 Å². The van der Waals surface area contributed by atoms with Crippen molar-refractivity contribution in [1.82, 2.24) is 4.98 Å². The van der Waals surface area contributed by atoms with Gasteiger partial charge in [-0.05, 0) is 25.5 Å². The van der Waals surface area contributed by atoms with Crippen LogP contribution in [0.1, 0.15) is 36.5 Å². The molecule has 27 heavy (non-hydrogen) atoms. The lowest BCUT2D eigenvalue weighted by molar-refractivity contribution is -0.169. The molecule has 1 aromatic carbocycles. The largest absolute Gasteiger partial charge is 0.511 e. The Morgan fingerprint density at radius 2 is 2.04 bits per heavy atom. The molecule has 1 aromatic heterocycles. The Hall–Kier alpha value is -2.61. The van der Waals surface area contributed by atoms with Crippen LogP contribution in [0.4, 0.5) is 4.79 Å². The first-order valence-electron chi connectivity index (χ1n) is 8.45. The number of oxazole rings is 1. The number of nitrogens with zero attached hydrogens (tertiary/aromatic N) is 1. The van der Waals surface area contributed by atoms with Crippen molar-refractivity contribution in [1.29, 1.82) is 0 Å². The summed E-state index contributed by atoms with van der Waals surface area (Å²) in [5.41, 5.74) is 1.26. The zero-order valence-corrected chi connectivity index (χ0v) is 15.7. The topological polar surface area (TPSA) is 105 Å². The van der Waals surface area contributed by atoms with Crippen LogP contribution in [0, 0.1) is 18.8 Å². The third-order valence-electron chi connectivity index (χ3n) is 4.07. The second-order valence-corrected chi connectivity index (χ2v) is 6.56. The molecule has 1 heterocycles. The molecule has 1 fully saturated rings. The van der Waals surface area contributed by atoms with Crippen LogP contribution in [0.2, 0.25) is 5.02 Å². The lowest BCUT2D eigenvalue weighted by Crippen LogP contribution is -2.24. The van der Waals surface area contributed by atoms with Gasteiger partial charge in [-0.25, -0.2) is 9.78 Å². The van der Waals surface area contributed by atoms with Gasteiger partial charge in [0.05, 0.1) is 17.5 Å². The van der Waals surface area contributed by atoms with E-state index in [4.69, 9.17) is 25.5 Å². The lowest BCUT2D eigenvalue weighted by atomic mass is 10.1. The minimum Gasteiger partial charge on any atom is -0.439 e. The second kappa shape index (κ2) is 7.56. The number of halogens is 1. The molecule has 8 nitrogen and oxygen atoms in total. The molecule has 0 radical (unpaired) electrons. The van der Waals surface area contributed by atoms with Gasteiger partial charge in [-0.2, -0.15) is 0 Å². The molecular weight excluding hydrogens is 378 g/mol. The van der Waals surface area contributed by atoms with E-state index in [-0.39, 0.29) is 17.4 Å². The highest BCUT2D eigenvalue weighted by atomic mass is 35.5. The van der Waals surface area contributed by atoms with Crippen molar-refractivity contribution in [3.8, 4) is 0 Å². The van der Waals surface area contributed by atoms with E-state index < -0.39 is 30.3 Å². The predicted molar refractivity (Wildman–Crippen MR) is 93.3 cm³/mol. The van der Waals surface area contributed by atoms with Crippen LogP contribution in [0.3, 0.4) is 0 Å². The lowest BCUT2D eigenvalue weighted by Gasteiger charge is -2.13. The van der Waals surface area contributed by atoms with Gasteiger partial charge in [-0.1, -0.05) is 11.6 Å². The van der Waals surface area contributed by atoms with Crippen molar-refractivity contribution >= 4 is 40.6 Å². The van der Waals surface area contributed by atoms with E-state index in [1.54, 1.807) is 19.9 Å². The van der Waals surface area contributed by atoms with Crippen LogP contribution in [0.25, 0.3) is 11.1 Å². The zero-order chi connectivity index (χ0) is 19.7. The molecule has 2 aromatic rings. The number of hydrogen-bond acceptors (Lipinski definition) is 8. The molecule has 1 aliphatic carbocycles. The Morgan fingerprint density at radius 1 is 1.30 bits per heavy atom. The fraction of sp³-hybridized carbons (Fsp3) is 0.444. The maximum atomic E-state index is 12.6. The number of ether oxygens (including phenoxy) is 3. The predicted octanol–water partition coefficient (Wildman–Crippen LogP) is 3.67. The van der Waals surface area contributed by atoms with Gasteiger partial charge >= 0.3 is 12.1 Å². The van der Waals surface area contributed by atoms with Crippen LogP contribution in [0.15, 0.2) is 16.5 Å². The SMILES string of the molecule is CCOC(=O)OC(C)OC(=O)[C@H]1C[C@@H]1C(=O)c1cc(Cl)c2oc(C)nc2c1. The third kappa shape index (κ3) is 4.21. The van der Waals surface area contributed by atoms with Gasteiger partial charge in [0, 0.05) is 25.3 Å². The van der Waals surface area contributed by atoms with E-state index in [1.165, 1.54) is 13.0 Å². The summed E-state index contributed by atoms with van der Waals surface area (Å²) in [4.78, 5) is 40.1. The number of carbonyl (C=O) groups is 3. The molecule has 0 bridgehead atoms. The molecule has 1 unspecified atom stereocenters. The molecule has 0 saturated heterocycles. The fourth-order valence-corrected chi connectivity index (χ4v) is 3.02. The Balaban J connectivity index is 1.61. The molecule has 0 amide bonds. The van der Waals surface area contributed by atoms with Crippen molar-refractivity contribution < 1.29 is 33.0 Å². The van der Waals surface area contributed by atoms with Gasteiger partial charge in [0.1, 0.15) is 5.52 Å². The first-order valence-corrected chi connectivity index (χ1v) is 8.82. The molecule has 0 N–H and O–H groups in total. The fourth-order valence-electron chi connectivity index (χ4n) is 2.77. The summed E-state index contributed by atoms with van der Waals surface area (Å²) in [6.45, 7) is 4.86. The van der Waals surface area contributed by atoms with Crippen LogP contribution in [0.5, 0.6) is 0 Å². The highest BCUT2D eigenvalue weighted by Crippen LogP contribution is 2.43. The second-order valence-electron chi connectivity index (χ2n) is 6.16. The summed E-state index contributed by atoms with van der Waals surface area (Å²) in [5, 5.41) is 0.285. The Bertz CT molecular complexity index is 906. The number of ketones is 1. The Morgan fingerprint density at radius 3 is 2.74 bits per heavy atom. The van der Waals surface area contributed by atoms with Gasteiger partial charge in [0.25, 0.3) is 0 Å². The number of rotatable bonds is 6. The maximum Gasteiger partial charge on any atom is 0.511 e. The van der Waals surface area contributed by atoms with E-state index in [0.717, 1.165) is 0 Å². The van der Waals surface area contributed by atoms with Crippen LogP contribution in [-0.4, -0.2) is 35.8 Å². The van der Waals surface area contributed by atoms with Gasteiger partial charge in [-0.3, -0.25) is 9.59 Å². The summed E-state index contributed by atoms with van der Waals surface area (Å²) in [6.07, 6.45) is -1.67. The molecule has 144 valence electrons. The summed E-state index contributed by atoms with van der Waals surface area (Å²) in [6, 6.07) is 3.09. The van der Waals surface area contributed by atoms with Crippen molar-refractivity contribution in [3.63, 3.8) is 0 Å². The van der Waals surface area contributed by atoms with Crippen LogP contribution in [-0.2, 0) is 19.0 Å². The normalized spacial score (nSPS) is 19.4. The van der Waals surface area contributed by atoms with E-state index >= 15 is 0 Å². The highest BCUT2D eigenvalue weighted by Gasteiger charge is 2.49. The standard InChI is InChI=1S/C18H18ClNO7/c1-4-24-18(23)27-9(3)26-17(22)12-7-11(12)15(21)10-5-13(19)16-14(6-10)20-8(2)25-16/h5-6,9,11-12H,4,7H2,1-3H3/t9?,11-,12-/m0/s1. The summed E-state index contributed by atoms with van der Waals surface area (Å²) in [5.74, 6) is -1.47. The van der Waals surface area contributed by atoms with Crippen LogP contribution >= 0.6 is 11.6 Å². The number of carbonyl (C=O) groups excluding carboxylic acids is 3. The minimum absolute atomic E-state index is 0.149. The maximum absolute atomic E-state index is 12.6. The van der Waals surface area contributed by atoms with Gasteiger partial charge in [0.2, 0.25) is 6.29 Å². The van der Waals surface area contributed by atoms with Crippen molar-refractivity contribution in [2.24, 2.45) is 11.8 Å². The number of Topliss-reactive ketones (excluding diaryl/α,β-unsaturated/α-hetero) is 1. The highest BCUT2D eigenvalue weighted by molar-refractivity contribution is 6.35. The number of hydrogen-bond donors (Lipinski definition) is 0. The Kier molecular flexibility index (Phi) is 5.36. The van der Waals surface area contributed by atoms with E-state index in [9.17, 15) is 14.4 Å². The summed E-state index contributed by atoms with van der Waals surface area (Å²) >= 11 is 6.15. The average Bonchev–Trinajstić information content (AvgIpc) is 3.29. The monoisotopic (exact) mass is 395 g/mol. The van der Waals surface area contributed by atoms with E-state index in [0.29, 0.717) is 29.0 Å². The smallest absolute Gasteiger partial charge is 0.439 e. The number of aromatic nitrogens is 1. The molecule has 1 aliphatic rings. The van der Waals surface area contributed by atoms with Crippen molar-refractivity contribution in [2.45, 2.75) is 33.5 Å². The van der Waals surface area contributed by atoms with Gasteiger partial charge in [0.15, 0.2) is 17.3 Å². The molecule has 3 rings (SSSR count). The van der Waals surface area contributed by atoms with Crippen molar-refractivity contribution in [3.05, 3.63) is 28.6 Å². The molecule has 9 heteroatoms. The number of esters is 1. The van der Waals surface area contributed by atoms with Crippen LogP contribution < -0.4 is 0 Å². The molecular formula is C18H18ClNO7. The van der Waals surface area contributed by atoms with E-state index in [2.05, 4.69) is 9.72 Å². The quantitative estimate of drug-likeness (QED) is 0.414. The third-order valence-corrected chi connectivity index (χ3v) is 4.35. The van der Waals surface area contributed by atoms with E-state index in [1.807, 2.05) is 0 Å². The minimum atomic E-state index is -1.10. The molecule has 0 spiro atoms. The molecule has 0 aliphatic heterocycles. The number of aryl methyl sites for hydroxylation is 1. The van der Waals surface area contributed by atoms with Crippen molar-refractivity contribution in [2.75, 3.05) is 6.61 Å². The Labute approximate surface area is 159 Å². The first-order chi connectivity index (χ1) is 12.8. The molecule has 1 saturated carbocycles. The summed E-state index contributed by atoms with van der Waals surface area (Å²) < 4.78 is 19.8. The number of fused-ring (bicyclic) bond motifs is 1. The molecule has 3 atom stereocenters.